The second kappa shape index (κ2) is 5.29. The molecular formula is C9H13NOS2. The van der Waals surface area contributed by atoms with Crippen molar-refractivity contribution >= 4 is 28.2 Å². The summed E-state index contributed by atoms with van der Waals surface area (Å²) in [6.07, 6.45) is 2.01. The summed E-state index contributed by atoms with van der Waals surface area (Å²) in [5.41, 5.74) is 6.24. The van der Waals surface area contributed by atoms with E-state index in [1.165, 1.54) is 0 Å². The predicted octanol–water partition coefficient (Wildman–Crippen LogP) is 1.74. The fraction of sp³-hybridized carbons (Fsp3) is 0.333. The number of thioether (sulfide) groups is 1. The van der Waals surface area contributed by atoms with Gasteiger partial charge in [0, 0.05) is 22.1 Å². The highest BCUT2D eigenvalue weighted by Gasteiger charge is 2.01. The number of anilines is 1. The van der Waals surface area contributed by atoms with E-state index in [9.17, 15) is 4.21 Å². The van der Waals surface area contributed by atoms with Gasteiger partial charge in [0.15, 0.2) is 0 Å². The molecule has 0 aromatic heterocycles. The van der Waals surface area contributed by atoms with E-state index in [2.05, 4.69) is 0 Å². The molecule has 1 aromatic rings. The molecule has 0 fully saturated rings. The Hall–Kier alpha value is -0.480. The quantitative estimate of drug-likeness (QED) is 0.778. The molecular weight excluding hydrogens is 202 g/mol. The first-order chi connectivity index (χ1) is 6.24. The molecule has 1 rings (SSSR count). The zero-order valence-corrected chi connectivity index (χ0v) is 9.16. The van der Waals surface area contributed by atoms with Crippen LogP contribution in [-0.4, -0.2) is 22.0 Å². The molecule has 0 aliphatic rings. The summed E-state index contributed by atoms with van der Waals surface area (Å²) in [6, 6.07) is 7.22. The van der Waals surface area contributed by atoms with Crippen LogP contribution in [0.25, 0.3) is 0 Å². The average molecular weight is 215 g/mol. The molecule has 1 aromatic carbocycles. The van der Waals surface area contributed by atoms with Crippen molar-refractivity contribution in [1.29, 1.82) is 0 Å². The van der Waals surface area contributed by atoms with Crippen LogP contribution in [0.15, 0.2) is 29.2 Å². The number of hydrogen-bond donors (Lipinski definition) is 1. The van der Waals surface area contributed by atoms with Crippen LogP contribution in [0.5, 0.6) is 0 Å². The van der Waals surface area contributed by atoms with Crippen molar-refractivity contribution in [2.75, 3.05) is 23.5 Å². The van der Waals surface area contributed by atoms with Gasteiger partial charge in [0.05, 0.1) is 10.8 Å². The van der Waals surface area contributed by atoms with Crippen LogP contribution in [0.2, 0.25) is 0 Å². The van der Waals surface area contributed by atoms with E-state index in [1.54, 1.807) is 23.9 Å². The van der Waals surface area contributed by atoms with Gasteiger partial charge in [0.2, 0.25) is 0 Å². The van der Waals surface area contributed by atoms with Gasteiger partial charge < -0.3 is 5.73 Å². The van der Waals surface area contributed by atoms with Crippen molar-refractivity contribution in [2.24, 2.45) is 0 Å². The Morgan fingerprint density at radius 2 is 2.00 bits per heavy atom. The zero-order chi connectivity index (χ0) is 9.68. The van der Waals surface area contributed by atoms with Crippen molar-refractivity contribution in [2.45, 2.75) is 4.90 Å². The van der Waals surface area contributed by atoms with Crippen LogP contribution in [0.4, 0.5) is 5.69 Å². The Labute approximate surface area is 85.4 Å². The zero-order valence-electron chi connectivity index (χ0n) is 7.53. The van der Waals surface area contributed by atoms with Crippen molar-refractivity contribution < 1.29 is 4.21 Å². The third-order valence-corrected chi connectivity index (χ3v) is 3.86. The molecule has 72 valence electrons. The van der Waals surface area contributed by atoms with Crippen molar-refractivity contribution in [1.82, 2.24) is 0 Å². The topological polar surface area (TPSA) is 43.1 Å². The average Bonchev–Trinajstić information content (AvgIpc) is 2.15. The van der Waals surface area contributed by atoms with Gasteiger partial charge in [-0.2, -0.15) is 11.8 Å². The number of rotatable bonds is 4. The summed E-state index contributed by atoms with van der Waals surface area (Å²) in [5.74, 6) is 1.64. The lowest BCUT2D eigenvalue weighted by molar-refractivity contribution is 0.684. The molecule has 0 radical (unpaired) electrons. The summed E-state index contributed by atoms with van der Waals surface area (Å²) >= 11 is 1.71. The molecule has 2 nitrogen and oxygen atoms in total. The maximum atomic E-state index is 11.6. The summed E-state index contributed by atoms with van der Waals surface area (Å²) < 4.78 is 11.6. The molecule has 0 saturated carbocycles. The highest BCUT2D eigenvalue weighted by Crippen LogP contribution is 2.10. The molecule has 0 spiro atoms. The van der Waals surface area contributed by atoms with Crippen LogP contribution >= 0.6 is 11.8 Å². The lowest BCUT2D eigenvalue weighted by Crippen LogP contribution is -2.00. The highest BCUT2D eigenvalue weighted by atomic mass is 32.2. The Balaban J connectivity index is 2.61. The number of hydrogen-bond acceptors (Lipinski definition) is 3. The highest BCUT2D eigenvalue weighted by molar-refractivity contribution is 7.99. The van der Waals surface area contributed by atoms with E-state index < -0.39 is 10.8 Å². The fourth-order valence-corrected chi connectivity index (χ4v) is 2.84. The van der Waals surface area contributed by atoms with Gasteiger partial charge in [-0.15, -0.1) is 0 Å². The van der Waals surface area contributed by atoms with Gasteiger partial charge in [-0.25, -0.2) is 0 Å². The molecule has 0 aliphatic carbocycles. The predicted molar refractivity (Wildman–Crippen MR) is 60.5 cm³/mol. The Kier molecular flexibility index (Phi) is 4.32. The molecule has 0 aliphatic heterocycles. The van der Waals surface area contributed by atoms with E-state index in [4.69, 9.17) is 5.73 Å². The third kappa shape index (κ3) is 3.40. The van der Waals surface area contributed by atoms with Gasteiger partial charge >= 0.3 is 0 Å². The van der Waals surface area contributed by atoms with Gasteiger partial charge in [-0.05, 0) is 30.5 Å². The van der Waals surface area contributed by atoms with Gasteiger partial charge in [-0.1, -0.05) is 0 Å². The van der Waals surface area contributed by atoms with Crippen molar-refractivity contribution in [3.8, 4) is 0 Å². The lowest BCUT2D eigenvalue weighted by atomic mass is 10.3. The Morgan fingerprint density at radius 3 is 2.54 bits per heavy atom. The normalized spacial score (nSPS) is 12.7. The first kappa shape index (κ1) is 10.6. The van der Waals surface area contributed by atoms with Crippen LogP contribution in [0.1, 0.15) is 0 Å². The first-order valence-electron chi connectivity index (χ1n) is 3.97. The van der Waals surface area contributed by atoms with E-state index in [-0.39, 0.29) is 0 Å². The maximum Gasteiger partial charge on any atom is 0.0537 e. The minimum Gasteiger partial charge on any atom is -0.399 e. The van der Waals surface area contributed by atoms with Gasteiger partial charge in [0.25, 0.3) is 0 Å². The number of nitrogens with two attached hydrogens (primary N) is 1. The standard InChI is InChI=1S/C9H13NOS2/c1-12-6-7-13(11)9-4-2-8(10)3-5-9/h2-5H,6-7,10H2,1H3. The van der Waals surface area contributed by atoms with Crippen LogP contribution < -0.4 is 5.73 Å². The molecule has 13 heavy (non-hydrogen) atoms. The van der Waals surface area contributed by atoms with Crippen LogP contribution in [-0.2, 0) is 10.8 Å². The molecule has 0 saturated heterocycles. The lowest BCUT2D eigenvalue weighted by Gasteiger charge is -2.00. The third-order valence-electron chi connectivity index (χ3n) is 1.62. The summed E-state index contributed by atoms with van der Waals surface area (Å²) in [6.45, 7) is 0. The fourth-order valence-electron chi connectivity index (χ4n) is 0.896. The molecule has 4 heteroatoms. The minimum atomic E-state index is -0.868. The number of nitrogen functional groups attached to an aromatic ring is 1. The summed E-state index contributed by atoms with van der Waals surface area (Å²) in [7, 11) is -0.868. The molecule has 0 amide bonds. The van der Waals surface area contributed by atoms with E-state index in [0.717, 1.165) is 10.6 Å². The number of benzene rings is 1. The molecule has 1 unspecified atom stereocenters. The molecule has 2 N–H and O–H groups in total. The van der Waals surface area contributed by atoms with Crippen LogP contribution in [0.3, 0.4) is 0 Å². The van der Waals surface area contributed by atoms with Crippen molar-refractivity contribution in [3.05, 3.63) is 24.3 Å². The summed E-state index contributed by atoms with van der Waals surface area (Å²) in [4.78, 5) is 0.864. The Morgan fingerprint density at radius 1 is 1.38 bits per heavy atom. The second-order valence-electron chi connectivity index (χ2n) is 2.61. The minimum absolute atomic E-state index is 0.713. The van der Waals surface area contributed by atoms with Crippen molar-refractivity contribution in [3.63, 3.8) is 0 Å². The second-order valence-corrected chi connectivity index (χ2v) is 5.17. The Bertz CT molecular complexity index is 284. The molecule has 0 bridgehead atoms. The SMILES string of the molecule is CSCCS(=O)c1ccc(N)cc1. The summed E-state index contributed by atoms with van der Waals surface area (Å²) in [5, 5.41) is 0. The monoisotopic (exact) mass is 215 g/mol. The molecule has 1 atom stereocenters. The first-order valence-corrected chi connectivity index (χ1v) is 6.68. The van der Waals surface area contributed by atoms with E-state index in [0.29, 0.717) is 11.4 Å². The maximum absolute atomic E-state index is 11.6. The van der Waals surface area contributed by atoms with Crippen LogP contribution in [0, 0.1) is 0 Å². The van der Waals surface area contributed by atoms with Gasteiger partial charge in [-0.3, -0.25) is 4.21 Å². The van der Waals surface area contributed by atoms with E-state index in [1.807, 2.05) is 18.4 Å². The van der Waals surface area contributed by atoms with Gasteiger partial charge in [0.1, 0.15) is 0 Å². The largest absolute Gasteiger partial charge is 0.399 e. The molecule has 0 heterocycles. The van der Waals surface area contributed by atoms with E-state index >= 15 is 0 Å². The smallest absolute Gasteiger partial charge is 0.0537 e.